The highest BCUT2D eigenvalue weighted by atomic mass is 19.4. The van der Waals surface area contributed by atoms with Crippen molar-refractivity contribution in [1.82, 2.24) is 4.98 Å². The molecule has 0 aliphatic rings. The molecule has 0 aromatic carbocycles. The molecule has 2 N–H and O–H groups in total. The SMILES string of the molecule is COC(=O)Cc1cc(C(F)F)nc(N)c1C(F)(F)F. The summed E-state index contributed by atoms with van der Waals surface area (Å²) in [5, 5.41) is 0. The molecule has 19 heavy (non-hydrogen) atoms. The van der Waals surface area contributed by atoms with Crippen LogP contribution in [0.2, 0.25) is 0 Å². The van der Waals surface area contributed by atoms with Crippen molar-refractivity contribution in [3.63, 3.8) is 0 Å². The van der Waals surface area contributed by atoms with E-state index in [1.54, 1.807) is 0 Å². The van der Waals surface area contributed by atoms with E-state index in [1.165, 1.54) is 0 Å². The van der Waals surface area contributed by atoms with Crippen LogP contribution in [0.3, 0.4) is 0 Å². The quantitative estimate of drug-likeness (QED) is 0.683. The van der Waals surface area contributed by atoms with Crippen molar-refractivity contribution in [2.45, 2.75) is 19.0 Å². The Bertz CT molecular complexity index is 488. The summed E-state index contributed by atoms with van der Waals surface area (Å²) in [5.41, 5.74) is 2.03. The van der Waals surface area contributed by atoms with Gasteiger partial charge in [-0.05, 0) is 11.6 Å². The fourth-order valence-corrected chi connectivity index (χ4v) is 1.45. The highest BCUT2D eigenvalue weighted by Crippen LogP contribution is 2.37. The molecule has 0 saturated carbocycles. The van der Waals surface area contributed by atoms with Crippen LogP contribution in [0.1, 0.15) is 23.2 Å². The van der Waals surface area contributed by atoms with E-state index in [1.807, 2.05) is 0 Å². The van der Waals surface area contributed by atoms with Gasteiger partial charge in [0.05, 0.1) is 13.5 Å². The second kappa shape index (κ2) is 5.37. The number of ether oxygens (including phenoxy) is 1. The summed E-state index contributed by atoms with van der Waals surface area (Å²) in [4.78, 5) is 14.0. The van der Waals surface area contributed by atoms with Gasteiger partial charge in [-0.3, -0.25) is 4.79 Å². The van der Waals surface area contributed by atoms with E-state index >= 15 is 0 Å². The van der Waals surface area contributed by atoms with Gasteiger partial charge >= 0.3 is 12.1 Å². The Labute approximate surface area is 104 Å². The summed E-state index contributed by atoms with van der Waals surface area (Å²) in [6.07, 6.45) is -8.82. The van der Waals surface area contributed by atoms with E-state index in [9.17, 15) is 26.7 Å². The largest absolute Gasteiger partial charge is 0.469 e. The molecule has 0 unspecified atom stereocenters. The van der Waals surface area contributed by atoms with Crippen molar-refractivity contribution < 1.29 is 31.5 Å². The van der Waals surface area contributed by atoms with Gasteiger partial charge in [0.25, 0.3) is 6.43 Å². The van der Waals surface area contributed by atoms with Crippen LogP contribution in [-0.2, 0) is 22.1 Å². The minimum absolute atomic E-state index is 0.501. The number of pyridine rings is 1. The van der Waals surface area contributed by atoms with Gasteiger partial charge in [-0.1, -0.05) is 0 Å². The zero-order valence-corrected chi connectivity index (χ0v) is 9.59. The van der Waals surface area contributed by atoms with Crippen molar-refractivity contribution in [1.29, 1.82) is 0 Å². The average molecular weight is 284 g/mol. The number of alkyl halides is 5. The van der Waals surface area contributed by atoms with Gasteiger partial charge in [-0.2, -0.15) is 13.2 Å². The zero-order valence-electron chi connectivity index (χ0n) is 9.59. The topological polar surface area (TPSA) is 65.2 Å². The van der Waals surface area contributed by atoms with Crippen molar-refractivity contribution in [3.8, 4) is 0 Å². The first-order valence-corrected chi connectivity index (χ1v) is 4.88. The predicted molar refractivity (Wildman–Crippen MR) is 54.3 cm³/mol. The van der Waals surface area contributed by atoms with E-state index in [4.69, 9.17) is 5.73 Å². The molecule has 4 nitrogen and oxygen atoms in total. The molecule has 0 aliphatic heterocycles. The summed E-state index contributed by atoms with van der Waals surface area (Å²) in [7, 11) is 0.966. The highest BCUT2D eigenvalue weighted by molar-refractivity contribution is 5.73. The van der Waals surface area contributed by atoms with Crippen molar-refractivity contribution in [3.05, 3.63) is 22.9 Å². The lowest BCUT2D eigenvalue weighted by molar-refractivity contribution is -0.141. The van der Waals surface area contributed by atoms with Crippen LogP contribution in [0.5, 0.6) is 0 Å². The van der Waals surface area contributed by atoms with Gasteiger partial charge in [0, 0.05) is 0 Å². The van der Waals surface area contributed by atoms with Crippen LogP contribution >= 0.6 is 0 Å². The highest BCUT2D eigenvalue weighted by Gasteiger charge is 2.38. The molecular weight excluding hydrogens is 275 g/mol. The van der Waals surface area contributed by atoms with Crippen LogP contribution in [0.4, 0.5) is 27.8 Å². The van der Waals surface area contributed by atoms with E-state index in [0.717, 1.165) is 7.11 Å². The Morgan fingerprint density at radius 3 is 2.47 bits per heavy atom. The number of nitrogen functional groups attached to an aromatic ring is 1. The smallest absolute Gasteiger partial charge is 0.420 e. The second-order valence-electron chi connectivity index (χ2n) is 3.52. The number of methoxy groups -OCH3 is 1. The lowest BCUT2D eigenvalue weighted by atomic mass is 10.0. The number of carbonyl (C=O) groups excluding carboxylic acids is 1. The fourth-order valence-electron chi connectivity index (χ4n) is 1.45. The molecule has 0 bridgehead atoms. The van der Waals surface area contributed by atoms with Crippen LogP contribution < -0.4 is 5.73 Å². The van der Waals surface area contributed by atoms with Crippen molar-refractivity contribution in [2.24, 2.45) is 0 Å². The molecule has 0 amide bonds. The van der Waals surface area contributed by atoms with Gasteiger partial charge < -0.3 is 10.5 Å². The number of carbonyl (C=O) groups is 1. The Balaban J connectivity index is 3.40. The van der Waals surface area contributed by atoms with Crippen LogP contribution in [0.25, 0.3) is 0 Å². The third-order valence-electron chi connectivity index (χ3n) is 2.22. The molecule has 0 radical (unpaired) electrons. The molecule has 1 aromatic rings. The molecular formula is C10H9F5N2O2. The molecule has 0 atom stereocenters. The summed E-state index contributed by atoms with van der Waals surface area (Å²) < 4.78 is 67.3. The average Bonchev–Trinajstić information content (AvgIpc) is 2.25. The maximum absolute atomic E-state index is 12.7. The normalized spacial score (nSPS) is 11.7. The second-order valence-corrected chi connectivity index (χ2v) is 3.52. The first-order chi connectivity index (χ1) is 8.66. The lowest BCUT2D eigenvalue weighted by Gasteiger charge is -2.15. The fraction of sp³-hybridized carbons (Fsp3) is 0.400. The number of aromatic nitrogens is 1. The van der Waals surface area contributed by atoms with E-state index in [0.29, 0.717) is 6.07 Å². The van der Waals surface area contributed by atoms with E-state index in [2.05, 4.69) is 9.72 Å². The van der Waals surface area contributed by atoms with Gasteiger partial charge in [-0.15, -0.1) is 0 Å². The number of nitrogens with zero attached hydrogens (tertiary/aromatic N) is 1. The third-order valence-corrected chi connectivity index (χ3v) is 2.22. The Hall–Kier alpha value is -1.93. The summed E-state index contributed by atoms with van der Waals surface area (Å²) in [6, 6.07) is 0.501. The first kappa shape index (κ1) is 15.1. The maximum Gasteiger partial charge on any atom is 0.420 e. The summed E-state index contributed by atoms with van der Waals surface area (Å²) >= 11 is 0. The number of halogens is 5. The summed E-state index contributed by atoms with van der Waals surface area (Å²) in [6.45, 7) is 0. The third kappa shape index (κ3) is 3.52. The van der Waals surface area contributed by atoms with Crippen molar-refractivity contribution in [2.75, 3.05) is 12.8 Å². The molecule has 0 aliphatic carbocycles. The van der Waals surface area contributed by atoms with Gasteiger partial charge in [0.2, 0.25) is 0 Å². The Kier molecular flexibility index (Phi) is 4.28. The van der Waals surface area contributed by atoms with Crippen molar-refractivity contribution >= 4 is 11.8 Å². The Morgan fingerprint density at radius 1 is 1.47 bits per heavy atom. The number of hydrogen-bond donors (Lipinski definition) is 1. The molecule has 0 fully saturated rings. The van der Waals surface area contributed by atoms with Crippen LogP contribution in [-0.4, -0.2) is 18.1 Å². The minimum Gasteiger partial charge on any atom is -0.469 e. The number of anilines is 1. The number of hydrogen-bond acceptors (Lipinski definition) is 4. The number of rotatable bonds is 3. The molecule has 9 heteroatoms. The molecule has 1 heterocycles. The number of esters is 1. The maximum atomic E-state index is 12.7. The molecule has 106 valence electrons. The molecule has 0 spiro atoms. The molecule has 1 aromatic heterocycles. The van der Waals surface area contributed by atoms with E-state index in [-0.39, 0.29) is 0 Å². The standard InChI is InChI=1S/C10H9F5N2O2/c1-19-6(18)3-4-2-5(8(11)12)17-9(16)7(4)10(13,14)15/h2,8H,3H2,1H3,(H2,16,17). The van der Waals surface area contributed by atoms with Crippen LogP contribution in [0, 0.1) is 0 Å². The minimum atomic E-state index is -4.90. The van der Waals surface area contributed by atoms with Crippen LogP contribution in [0.15, 0.2) is 6.07 Å². The van der Waals surface area contributed by atoms with Gasteiger partial charge in [0.1, 0.15) is 17.1 Å². The zero-order chi connectivity index (χ0) is 14.8. The summed E-state index contributed by atoms with van der Waals surface area (Å²) in [5.74, 6) is -2.10. The Morgan fingerprint density at radius 2 is 2.05 bits per heavy atom. The molecule has 1 rings (SSSR count). The first-order valence-electron chi connectivity index (χ1n) is 4.88. The predicted octanol–water partition coefficient (Wildman–Crippen LogP) is 2.34. The molecule has 0 saturated heterocycles. The monoisotopic (exact) mass is 284 g/mol. The lowest BCUT2D eigenvalue weighted by Crippen LogP contribution is -2.18. The van der Waals surface area contributed by atoms with Gasteiger partial charge in [0.15, 0.2) is 0 Å². The number of nitrogens with two attached hydrogens (primary N) is 1. The van der Waals surface area contributed by atoms with E-state index < -0.39 is 47.6 Å². The van der Waals surface area contributed by atoms with Gasteiger partial charge in [-0.25, -0.2) is 13.8 Å².